The molecule has 4 heteroatoms. The number of aromatic nitrogens is 3. The summed E-state index contributed by atoms with van der Waals surface area (Å²) in [5.74, 6) is 0. The van der Waals surface area contributed by atoms with Crippen molar-refractivity contribution < 1.29 is 0 Å². The first-order valence-corrected chi connectivity index (χ1v) is 5.98. The van der Waals surface area contributed by atoms with Crippen LogP contribution in [0.5, 0.6) is 0 Å². The van der Waals surface area contributed by atoms with Crippen molar-refractivity contribution in [3.05, 3.63) is 59.3 Å². The first-order valence-electron chi connectivity index (χ1n) is 5.98. The van der Waals surface area contributed by atoms with Crippen LogP contribution in [0.4, 0.5) is 0 Å². The van der Waals surface area contributed by atoms with Gasteiger partial charge in [-0.2, -0.15) is 0 Å². The third kappa shape index (κ3) is 1.37. The second kappa shape index (κ2) is 3.62. The molecule has 0 saturated heterocycles. The van der Waals surface area contributed by atoms with Gasteiger partial charge in [0, 0.05) is 34.7 Å². The highest BCUT2D eigenvalue weighted by Gasteiger charge is 2.09. The van der Waals surface area contributed by atoms with Crippen molar-refractivity contribution in [3.8, 4) is 0 Å². The highest BCUT2D eigenvalue weighted by Crippen LogP contribution is 2.28. The molecule has 90 valence electrons. The second-order valence-corrected chi connectivity index (χ2v) is 4.44. The van der Waals surface area contributed by atoms with Crippen LogP contribution in [-0.4, -0.2) is 15.0 Å². The lowest BCUT2D eigenvalue weighted by atomic mass is 10.1. The molecule has 0 bridgehead atoms. The highest BCUT2D eigenvalue weighted by molar-refractivity contribution is 6.16. The number of H-pyrrole nitrogens is 1. The maximum atomic E-state index is 12.0. The van der Waals surface area contributed by atoms with E-state index in [1.165, 1.54) is 6.20 Å². The molecule has 4 aromatic rings. The van der Waals surface area contributed by atoms with Crippen molar-refractivity contribution in [2.75, 3.05) is 0 Å². The summed E-state index contributed by atoms with van der Waals surface area (Å²) >= 11 is 0. The first kappa shape index (κ1) is 10.2. The van der Waals surface area contributed by atoms with Gasteiger partial charge in [-0.15, -0.1) is 0 Å². The Morgan fingerprint density at radius 2 is 1.95 bits per heavy atom. The molecule has 0 radical (unpaired) electrons. The van der Waals surface area contributed by atoms with Crippen LogP contribution in [0.2, 0.25) is 0 Å². The molecule has 0 spiro atoms. The summed E-state index contributed by atoms with van der Waals surface area (Å²) in [6.45, 7) is 0. The lowest BCUT2D eigenvalue weighted by Crippen LogP contribution is -1.99. The normalized spacial score (nSPS) is 11.4. The average Bonchev–Trinajstić information content (AvgIpc) is 2.72. The summed E-state index contributed by atoms with van der Waals surface area (Å²) in [6.07, 6.45) is 5.09. The Bertz CT molecular complexity index is 989. The summed E-state index contributed by atoms with van der Waals surface area (Å²) in [7, 11) is 0. The Kier molecular flexibility index (Phi) is 1.94. The monoisotopic (exact) mass is 247 g/mol. The Balaban J connectivity index is 2.37. The molecule has 0 atom stereocenters. The summed E-state index contributed by atoms with van der Waals surface area (Å²) in [5, 5.41) is 3.65. The quantitative estimate of drug-likeness (QED) is 0.519. The zero-order valence-corrected chi connectivity index (χ0v) is 9.92. The van der Waals surface area contributed by atoms with Crippen LogP contribution in [0.15, 0.2) is 53.7 Å². The molecule has 0 amide bonds. The third-order valence-corrected chi connectivity index (χ3v) is 3.37. The Morgan fingerprint density at radius 1 is 1.00 bits per heavy atom. The van der Waals surface area contributed by atoms with Gasteiger partial charge in [0.2, 0.25) is 0 Å². The van der Waals surface area contributed by atoms with E-state index in [-0.39, 0.29) is 5.56 Å². The van der Waals surface area contributed by atoms with Gasteiger partial charge in [0.25, 0.3) is 5.56 Å². The molecule has 19 heavy (non-hydrogen) atoms. The van der Waals surface area contributed by atoms with E-state index in [9.17, 15) is 4.79 Å². The molecule has 0 aliphatic carbocycles. The summed E-state index contributed by atoms with van der Waals surface area (Å²) in [4.78, 5) is 23.4. The molecular formula is C15H9N3O. The molecule has 3 aromatic heterocycles. The van der Waals surface area contributed by atoms with Crippen molar-refractivity contribution in [1.82, 2.24) is 15.0 Å². The van der Waals surface area contributed by atoms with Crippen molar-refractivity contribution in [2.45, 2.75) is 0 Å². The molecule has 0 unspecified atom stereocenters. The molecule has 3 heterocycles. The van der Waals surface area contributed by atoms with Crippen molar-refractivity contribution in [2.24, 2.45) is 0 Å². The molecule has 0 saturated carbocycles. The average molecular weight is 247 g/mol. The fraction of sp³-hybridized carbons (Fsp3) is 0. The van der Waals surface area contributed by atoms with E-state index < -0.39 is 0 Å². The lowest BCUT2D eigenvalue weighted by molar-refractivity contribution is 1.30. The SMILES string of the molecule is O=c1ncccc2[nH]c3c4ccncc4ccc3c12. The largest absolute Gasteiger partial charge is 0.354 e. The lowest BCUT2D eigenvalue weighted by Gasteiger charge is -1.97. The van der Waals surface area contributed by atoms with E-state index in [2.05, 4.69) is 15.0 Å². The summed E-state index contributed by atoms with van der Waals surface area (Å²) in [5.41, 5.74) is 1.56. The molecular weight excluding hydrogens is 238 g/mol. The van der Waals surface area contributed by atoms with Gasteiger partial charge < -0.3 is 4.98 Å². The van der Waals surface area contributed by atoms with E-state index >= 15 is 0 Å². The number of benzene rings is 1. The van der Waals surface area contributed by atoms with Crippen LogP contribution in [0, 0.1) is 0 Å². The topological polar surface area (TPSA) is 58.6 Å². The minimum absolute atomic E-state index is 0.209. The van der Waals surface area contributed by atoms with Gasteiger partial charge in [-0.25, -0.2) is 4.98 Å². The van der Waals surface area contributed by atoms with Crippen LogP contribution in [0.1, 0.15) is 0 Å². The van der Waals surface area contributed by atoms with Crippen LogP contribution >= 0.6 is 0 Å². The van der Waals surface area contributed by atoms with Crippen molar-refractivity contribution in [1.29, 1.82) is 0 Å². The van der Waals surface area contributed by atoms with Gasteiger partial charge in [-0.05, 0) is 18.2 Å². The predicted molar refractivity (Wildman–Crippen MR) is 75.2 cm³/mol. The van der Waals surface area contributed by atoms with Crippen molar-refractivity contribution >= 4 is 32.6 Å². The zero-order valence-electron chi connectivity index (χ0n) is 9.92. The smallest absolute Gasteiger partial charge is 0.279 e. The van der Waals surface area contributed by atoms with Crippen LogP contribution in [0.3, 0.4) is 0 Å². The van der Waals surface area contributed by atoms with E-state index in [4.69, 9.17) is 0 Å². The molecule has 0 aliphatic rings. The van der Waals surface area contributed by atoms with Gasteiger partial charge in [-0.3, -0.25) is 9.78 Å². The molecule has 1 N–H and O–H groups in total. The van der Waals surface area contributed by atoms with E-state index in [0.29, 0.717) is 5.39 Å². The zero-order chi connectivity index (χ0) is 12.8. The number of hydrogen-bond donors (Lipinski definition) is 1. The third-order valence-electron chi connectivity index (χ3n) is 3.37. The number of pyridine rings is 1. The number of nitrogens with zero attached hydrogens (tertiary/aromatic N) is 2. The number of nitrogens with one attached hydrogen (secondary N) is 1. The van der Waals surface area contributed by atoms with E-state index in [1.54, 1.807) is 12.3 Å². The van der Waals surface area contributed by atoms with E-state index in [0.717, 1.165) is 27.2 Å². The Hall–Kier alpha value is -2.75. The van der Waals surface area contributed by atoms with Gasteiger partial charge in [-0.1, -0.05) is 12.1 Å². The molecule has 0 aliphatic heterocycles. The minimum Gasteiger partial charge on any atom is -0.354 e. The van der Waals surface area contributed by atoms with E-state index in [1.807, 2.05) is 30.5 Å². The number of fused-ring (bicyclic) bond motifs is 5. The molecule has 0 fully saturated rings. The summed E-state index contributed by atoms with van der Waals surface area (Å²) < 4.78 is 0. The van der Waals surface area contributed by atoms with Crippen LogP contribution in [0.25, 0.3) is 32.6 Å². The standard InChI is InChI=1S/C15H9N3O/c19-15-13-11-4-3-9-8-16-7-5-10(9)14(11)18-12(13)2-1-6-17-15/h1-8,18H. The molecule has 4 rings (SSSR count). The Morgan fingerprint density at radius 3 is 2.89 bits per heavy atom. The van der Waals surface area contributed by atoms with Gasteiger partial charge in [0.15, 0.2) is 0 Å². The maximum Gasteiger partial charge on any atom is 0.279 e. The predicted octanol–water partition coefficient (Wildman–Crippen LogP) is 2.62. The number of rotatable bonds is 0. The molecule has 4 nitrogen and oxygen atoms in total. The first-order chi connectivity index (χ1) is 9.34. The maximum absolute atomic E-state index is 12.0. The van der Waals surface area contributed by atoms with Crippen molar-refractivity contribution in [3.63, 3.8) is 0 Å². The van der Waals surface area contributed by atoms with Gasteiger partial charge >= 0.3 is 0 Å². The second-order valence-electron chi connectivity index (χ2n) is 4.44. The highest BCUT2D eigenvalue weighted by atomic mass is 16.1. The molecule has 1 aromatic carbocycles. The van der Waals surface area contributed by atoms with Crippen LogP contribution < -0.4 is 5.56 Å². The fourth-order valence-corrected chi connectivity index (χ4v) is 2.52. The summed E-state index contributed by atoms with van der Waals surface area (Å²) in [6, 6.07) is 9.51. The van der Waals surface area contributed by atoms with Gasteiger partial charge in [0.05, 0.1) is 16.4 Å². The Labute approximate surface area is 107 Å². The minimum atomic E-state index is -0.209. The number of aromatic amines is 1. The van der Waals surface area contributed by atoms with Crippen LogP contribution in [-0.2, 0) is 0 Å². The fourth-order valence-electron chi connectivity index (χ4n) is 2.52. The number of hydrogen-bond acceptors (Lipinski definition) is 3. The van der Waals surface area contributed by atoms with Gasteiger partial charge in [0.1, 0.15) is 0 Å².